The molecular formula is C21H24N4OS. The van der Waals surface area contributed by atoms with Gasteiger partial charge < -0.3 is 15.4 Å². The highest BCUT2D eigenvalue weighted by molar-refractivity contribution is 7.13. The molecule has 0 aliphatic carbocycles. The molecule has 1 aromatic heterocycles. The van der Waals surface area contributed by atoms with Gasteiger partial charge in [-0.25, -0.2) is 4.98 Å². The molecule has 0 saturated heterocycles. The van der Waals surface area contributed by atoms with Crippen LogP contribution in [-0.2, 0) is 13.1 Å². The van der Waals surface area contributed by atoms with Crippen molar-refractivity contribution in [2.24, 2.45) is 4.99 Å². The maximum Gasteiger partial charge on any atom is 0.191 e. The molecule has 2 N–H and O–H groups in total. The van der Waals surface area contributed by atoms with Crippen LogP contribution in [0.2, 0.25) is 0 Å². The summed E-state index contributed by atoms with van der Waals surface area (Å²) in [5.74, 6) is 1.61. The Morgan fingerprint density at radius 3 is 2.63 bits per heavy atom. The number of hydrogen-bond donors (Lipinski definition) is 2. The standard InChI is InChI=1S/C21H24N4OS/c1-15-9-10-17(19(11-15)26-3)12-23-21(22-2)24-13-18-14-27-20(25-18)16-7-5-4-6-8-16/h4-11,14H,12-13H2,1-3H3,(H2,22,23,24). The van der Waals surface area contributed by atoms with Gasteiger partial charge in [-0.2, -0.15) is 0 Å². The van der Waals surface area contributed by atoms with E-state index in [-0.39, 0.29) is 0 Å². The Morgan fingerprint density at radius 2 is 1.89 bits per heavy atom. The van der Waals surface area contributed by atoms with Crippen LogP contribution in [0, 0.1) is 6.92 Å². The Balaban J connectivity index is 1.56. The molecule has 27 heavy (non-hydrogen) atoms. The first-order valence-electron chi connectivity index (χ1n) is 8.77. The largest absolute Gasteiger partial charge is 0.496 e. The number of benzene rings is 2. The van der Waals surface area contributed by atoms with Crippen LogP contribution in [-0.4, -0.2) is 25.1 Å². The molecule has 0 fully saturated rings. The quantitative estimate of drug-likeness (QED) is 0.501. The highest BCUT2D eigenvalue weighted by atomic mass is 32.1. The van der Waals surface area contributed by atoms with Crippen LogP contribution in [0.3, 0.4) is 0 Å². The van der Waals surface area contributed by atoms with Crippen molar-refractivity contribution in [2.75, 3.05) is 14.2 Å². The van der Waals surface area contributed by atoms with Gasteiger partial charge in [0.2, 0.25) is 0 Å². The molecule has 0 unspecified atom stereocenters. The number of rotatable bonds is 6. The van der Waals surface area contributed by atoms with Gasteiger partial charge in [0.05, 0.1) is 19.3 Å². The van der Waals surface area contributed by atoms with E-state index in [1.165, 1.54) is 5.56 Å². The van der Waals surface area contributed by atoms with Gasteiger partial charge in [-0.05, 0) is 18.6 Å². The van der Waals surface area contributed by atoms with E-state index in [0.717, 1.165) is 33.5 Å². The summed E-state index contributed by atoms with van der Waals surface area (Å²) in [5.41, 5.74) is 4.40. The average molecular weight is 381 g/mol. The highest BCUT2D eigenvalue weighted by Crippen LogP contribution is 2.23. The molecule has 0 spiro atoms. The van der Waals surface area contributed by atoms with Gasteiger partial charge in [0.15, 0.2) is 5.96 Å². The summed E-state index contributed by atoms with van der Waals surface area (Å²) in [7, 11) is 3.45. The van der Waals surface area contributed by atoms with Gasteiger partial charge in [-0.1, -0.05) is 42.5 Å². The minimum Gasteiger partial charge on any atom is -0.496 e. The fraction of sp³-hybridized carbons (Fsp3) is 0.238. The van der Waals surface area contributed by atoms with E-state index < -0.39 is 0 Å². The van der Waals surface area contributed by atoms with Gasteiger partial charge in [0, 0.05) is 30.1 Å². The van der Waals surface area contributed by atoms with E-state index >= 15 is 0 Å². The smallest absolute Gasteiger partial charge is 0.191 e. The number of nitrogens with zero attached hydrogens (tertiary/aromatic N) is 2. The number of hydrogen-bond acceptors (Lipinski definition) is 4. The van der Waals surface area contributed by atoms with Crippen molar-refractivity contribution in [2.45, 2.75) is 20.0 Å². The molecular weight excluding hydrogens is 356 g/mol. The second-order valence-electron chi connectivity index (χ2n) is 6.10. The Hall–Kier alpha value is -2.86. The summed E-state index contributed by atoms with van der Waals surface area (Å²) >= 11 is 1.65. The number of methoxy groups -OCH3 is 1. The van der Waals surface area contributed by atoms with Gasteiger partial charge in [-0.3, -0.25) is 4.99 Å². The number of guanidine groups is 1. The summed E-state index contributed by atoms with van der Waals surface area (Å²) in [4.78, 5) is 8.98. The number of thiazole rings is 1. The van der Waals surface area contributed by atoms with Crippen LogP contribution >= 0.6 is 11.3 Å². The number of aryl methyl sites for hydroxylation is 1. The lowest BCUT2D eigenvalue weighted by atomic mass is 10.1. The van der Waals surface area contributed by atoms with Crippen LogP contribution in [0.15, 0.2) is 58.9 Å². The molecule has 2 aromatic carbocycles. The minimum absolute atomic E-state index is 0.619. The molecule has 0 aliphatic heterocycles. The van der Waals surface area contributed by atoms with Crippen molar-refractivity contribution in [1.82, 2.24) is 15.6 Å². The molecule has 0 radical (unpaired) electrons. The van der Waals surface area contributed by atoms with E-state index in [1.807, 2.05) is 24.3 Å². The molecule has 0 atom stereocenters. The van der Waals surface area contributed by atoms with Crippen LogP contribution in [0.1, 0.15) is 16.8 Å². The lowest BCUT2D eigenvalue weighted by Gasteiger charge is -2.13. The summed E-state index contributed by atoms with van der Waals surface area (Å²) < 4.78 is 5.46. The number of ether oxygens (including phenoxy) is 1. The van der Waals surface area contributed by atoms with E-state index in [1.54, 1.807) is 25.5 Å². The zero-order valence-electron chi connectivity index (χ0n) is 15.8. The third-order valence-corrected chi connectivity index (χ3v) is 5.06. The fourth-order valence-electron chi connectivity index (χ4n) is 2.67. The molecule has 0 amide bonds. The topological polar surface area (TPSA) is 58.5 Å². The van der Waals surface area contributed by atoms with Crippen LogP contribution < -0.4 is 15.4 Å². The maximum absolute atomic E-state index is 5.46. The molecule has 0 bridgehead atoms. The van der Waals surface area contributed by atoms with Gasteiger partial charge in [-0.15, -0.1) is 11.3 Å². The minimum atomic E-state index is 0.619. The lowest BCUT2D eigenvalue weighted by Crippen LogP contribution is -2.36. The van der Waals surface area contributed by atoms with E-state index in [2.05, 4.69) is 52.2 Å². The fourth-order valence-corrected chi connectivity index (χ4v) is 3.50. The maximum atomic E-state index is 5.46. The Bertz CT molecular complexity index is 906. The van der Waals surface area contributed by atoms with Crippen molar-refractivity contribution >= 4 is 17.3 Å². The van der Waals surface area contributed by atoms with E-state index in [0.29, 0.717) is 13.1 Å². The zero-order chi connectivity index (χ0) is 19.1. The summed E-state index contributed by atoms with van der Waals surface area (Å²) in [6.45, 7) is 3.31. The first kappa shape index (κ1) is 18.9. The third kappa shape index (κ3) is 5.08. The molecule has 3 rings (SSSR count). The van der Waals surface area contributed by atoms with E-state index in [9.17, 15) is 0 Å². The van der Waals surface area contributed by atoms with Gasteiger partial charge >= 0.3 is 0 Å². The highest BCUT2D eigenvalue weighted by Gasteiger charge is 2.07. The van der Waals surface area contributed by atoms with Crippen molar-refractivity contribution in [3.63, 3.8) is 0 Å². The van der Waals surface area contributed by atoms with E-state index in [4.69, 9.17) is 9.72 Å². The lowest BCUT2D eigenvalue weighted by molar-refractivity contribution is 0.408. The summed E-state index contributed by atoms with van der Waals surface area (Å²) in [6, 6.07) is 16.4. The van der Waals surface area contributed by atoms with Crippen LogP contribution in [0.25, 0.3) is 10.6 Å². The summed E-state index contributed by atoms with van der Waals surface area (Å²) in [5, 5.41) is 9.74. The van der Waals surface area contributed by atoms with Crippen molar-refractivity contribution in [3.05, 3.63) is 70.7 Å². The average Bonchev–Trinajstić information content (AvgIpc) is 3.18. The molecule has 0 aliphatic rings. The molecule has 0 saturated carbocycles. The predicted octanol–water partition coefficient (Wildman–Crippen LogP) is 3.99. The molecule has 5 nitrogen and oxygen atoms in total. The second-order valence-corrected chi connectivity index (χ2v) is 6.96. The van der Waals surface area contributed by atoms with Gasteiger partial charge in [0.25, 0.3) is 0 Å². The second kappa shape index (κ2) is 9.19. The first-order chi connectivity index (χ1) is 13.2. The Kier molecular flexibility index (Phi) is 6.44. The SMILES string of the molecule is CN=C(NCc1csc(-c2ccccc2)n1)NCc1ccc(C)cc1OC. The molecule has 1 heterocycles. The zero-order valence-corrected chi connectivity index (χ0v) is 16.6. The normalized spacial score (nSPS) is 11.3. The Labute approximate surface area is 164 Å². The monoisotopic (exact) mass is 380 g/mol. The van der Waals surface area contributed by atoms with Crippen molar-refractivity contribution in [1.29, 1.82) is 0 Å². The predicted molar refractivity (Wildman–Crippen MR) is 112 cm³/mol. The van der Waals surface area contributed by atoms with Crippen LogP contribution in [0.5, 0.6) is 5.75 Å². The number of nitrogens with one attached hydrogen (secondary N) is 2. The number of aromatic nitrogens is 1. The molecule has 6 heteroatoms. The Morgan fingerprint density at radius 1 is 1.11 bits per heavy atom. The first-order valence-corrected chi connectivity index (χ1v) is 9.65. The number of aliphatic imine (C=N–C) groups is 1. The van der Waals surface area contributed by atoms with Crippen molar-refractivity contribution in [3.8, 4) is 16.3 Å². The van der Waals surface area contributed by atoms with Crippen LogP contribution in [0.4, 0.5) is 0 Å². The summed E-state index contributed by atoms with van der Waals surface area (Å²) in [6.07, 6.45) is 0. The van der Waals surface area contributed by atoms with Crippen molar-refractivity contribution < 1.29 is 4.74 Å². The molecule has 3 aromatic rings. The molecule has 140 valence electrons. The van der Waals surface area contributed by atoms with Gasteiger partial charge in [0.1, 0.15) is 10.8 Å². The third-order valence-electron chi connectivity index (χ3n) is 4.12.